The Kier molecular flexibility index (Phi) is 3.35. The number of amidine groups is 1. The fraction of sp³-hybridized carbons (Fsp3) is 0.923. The van der Waals surface area contributed by atoms with Crippen molar-refractivity contribution in [2.24, 2.45) is 10.9 Å². The molecule has 96 valence electrons. The van der Waals surface area contributed by atoms with Gasteiger partial charge in [0.1, 0.15) is 0 Å². The first kappa shape index (κ1) is 11.8. The van der Waals surface area contributed by atoms with Crippen molar-refractivity contribution in [3.05, 3.63) is 0 Å². The number of rotatable bonds is 2. The summed E-state index contributed by atoms with van der Waals surface area (Å²) < 4.78 is 0. The number of thioether (sulfide) groups is 1. The highest BCUT2D eigenvalue weighted by molar-refractivity contribution is 8.13. The minimum atomic E-state index is 0.486. The van der Waals surface area contributed by atoms with Crippen molar-refractivity contribution >= 4 is 16.9 Å². The van der Waals surface area contributed by atoms with Gasteiger partial charge in [0, 0.05) is 30.9 Å². The third-order valence-corrected chi connectivity index (χ3v) is 5.43. The highest BCUT2D eigenvalue weighted by atomic mass is 32.2. The van der Waals surface area contributed by atoms with Crippen LogP contribution in [0.1, 0.15) is 33.1 Å². The van der Waals surface area contributed by atoms with Crippen LogP contribution >= 0.6 is 11.8 Å². The van der Waals surface area contributed by atoms with Crippen molar-refractivity contribution in [1.82, 2.24) is 10.2 Å². The smallest absolute Gasteiger partial charge is 0.157 e. The van der Waals surface area contributed by atoms with Crippen LogP contribution in [0.3, 0.4) is 0 Å². The molecule has 0 amide bonds. The monoisotopic (exact) mass is 253 g/mol. The van der Waals surface area contributed by atoms with E-state index in [2.05, 4.69) is 24.1 Å². The molecule has 2 fully saturated rings. The van der Waals surface area contributed by atoms with E-state index in [4.69, 9.17) is 4.99 Å². The second-order valence-corrected chi connectivity index (χ2v) is 6.83. The normalized spacial score (nSPS) is 39.2. The van der Waals surface area contributed by atoms with E-state index >= 15 is 0 Å². The van der Waals surface area contributed by atoms with Gasteiger partial charge < -0.3 is 5.32 Å². The summed E-state index contributed by atoms with van der Waals surface area (Å²) in [6.07, 6.45) is 4.15. The molecule has 0 spiro atoms. The van der Waals surface area contributed by atoms with Gasteiger partial charge in [-0.2, -0.15) is 0 Å². The van der Waals surface area contributed by atoms with Gasteiger partial charge in [-0.05, 0) is 32.1 Å². The quantitative estimate of drug-likeness (QED) is 0.815. The topological polar surface area (TPSA) is 27.6 Å². The molecule has 2 aliphatic heterocycles. The number of hydrogen-bond acceptors (Lipinski definition) is 4. The van der Waals surface area contributed by atoms with E-state index in [0.29, 0.717) is 12.1 Å². The molecule has 0 bridgehead atoms. The molecule has 1 saturated carbocycles. The fourth-order valence-corrected chi connectivity index (χ4v) is 3.82. The lowest BCUT2D eigenvalue weighted by Crippen LogP contribution is -2.39. The largest absolute Gasteiger partial charge is 0.361 e. The van der Waals surface area contributed by atoms with Crippen molar-refractivity contribution in [2.75, 3.05) is 18.8 Å². The van der Waals surface area contributed by atoms with Crippen LogP contribution in [0, 0.1) is 5.92 Å². The van der Waals surface area contributed by atoms with Gasteiger partial charge in [0.05, 0.1) is 6.04 Å². The van der Waals surface area contributed by atoms with E-state index in [1.807, 2.05) is 11.8 Å². The molecule has 0 aromatic carbocycles. The first-order chi connectivity index (χ1) is 8.22. The maximum atomic E-state index is 4.76. The Bertz CT molecular complexity index is 314. The van der Waals surface area contributed by atoms with Gasteiger partial charge in [0.15, 0.2) is 5.17 Å². The van der Waals surface area contributed by atoms with E-state index in [9.17, 15) is 0 Å². The Balaban J connectivity index is 1.52. The van der Waals surface area contributed by atoms with Crippen LogP contribution in [0.5, 0.6) is 0 Å². The van der Waals surface area contributed by atoms with E-state index in [0.717, 1.165) is 12.0 Å². The van der Waals surface area contributed by atoms with Crippen LogP contribution in [-0.4, -0.2) is 47.0 Å². The van der Waals surface area contributed by atoms with Gasteiger partial charge in [-0.1, -0.05) is 18.7 Å². The van der Waals surface area contributed by atoms with Gasteiger partial charge in [-0.3, -0.25) is 9.89 Å². The Morgan fingerprint density at radius 2 is 2.12 bits per heavy atom. The van der Waals surface area contributed by atoms with Crippen molar-refractivity contribution in [1.29, 1.82) is 0 Å². The molecule has 3 rings (SSSR count). The van der Waals surface area contributed by atoms with Crippen LogP contribution in [0.25, 0.3) is 0 Å². The van der Waals surface area contributed by atoms with Gasteiger partial charge in [0.2, 0.25) is 0 Å². The zero-order valence-corrected chi connectivity index (χ0v) is 11.7. The first-order valence-electron chi connectivity index (χ1n) is 6.93. The molecule has 3 unspecified atom stereocenters. The molecule has 0 aromatic rings. The van der Waals surface area contributed by atoms with E-state index in [1.54, 1.807) is 0 Å². The fourth-order valence-electron chi connectivity index (χ4n) is 2.63. The Morgan fingerprint density at radius 1 is 1.29 bits per heavy atom. The van der Waals surface area contributed by atoms with Crippen LogP contribution in [0.2, 0.25) is 0 Å². The zero-order valence-electron chi connectivity index (χ0n) is 10.9. The van der Waals surface area contributed by atoms with Crippen molar-refractivity contribution in [3.63, 3.8) is 0 Å². The maximum absolute atomic E-state index is 4.76. The number of hydrogen-bond donors (Lipinski definition) is 1. The summed E-state index contributed by atoms with van der Waals surface area (Å²) in [6, 6.07) is 2.05. The third kappa shape index (κ3) is 2.79. The number of aliphatic imine (C=N–C) groups is 1. The predicted molar refractivity (Wildman–Crippen MR) is 74.7 cm³/mol. The second-order valence-electron chi connectivity index (χ2n) is 5.82. The molecule has 1 saturated heterocycles. The Morgan fingerprint density at radius 3 is 2.82 bits per heavy atom. The highest BCUT2D eigenvalue weighted by Gasteiger charge is 2.34. The lowest BCUT2D eigenvalue weighted by Gasteiger charge is -2.25. The third-order valence-electron chi connectivity index (χ3n) is 4.24. The van der Waals surface area contributed by atoms with Crippen molar-refractivity contribution < 1.29 is 0 Å². The molecule has 3 atom stereocenters. The minimum absolute atomic E-state index is 0.486. The van der Waals surface area contributed by atoms with Crippen molar-refractivity contribution in [3.8, 4) is 0 Å². The molecule has 1 aliphatic carbocycles. The molecule has 0 radical (unpaired) electrons. The molecular formula is C13H23N3S. The Hall–Kier alpha value is -0.220. The lowest BCUT2D eigenvalue weighted by molar-refractivity contribution is 0.322. The van der Waals surface area contributed by atoms with Gasteiger partial charge in [0.25, 0.3) is 0 Å². The summed E-state index contributed by atoms with van der Waals surface area (Å²) in [7, 11) is 0. The average molecular weight is 253 g/mol. The number of nitrogens with zero attached hydrogens (tertiary/aromatic N) is 2. The summed E-state index contributed by atoms with van der Waals surface area (Å²) in [5.74, 6) is 1.93. The summed E-state index contributed by atoms with van der Waals surface area (Å²) >= 11 is 1.91. The number of nitrogens with one attached hydrogen (secondary N) is 1. The Labute approximate surface area is 108 Å². The molecular weight excluding hydrogens is 230 g/mol. The summed E-state index contributed by atoms with van der Waals surface area (Å²) in [5.41, 5.74) is 0. The maximum Gasteiger partial charge on any atom is 0.157 e. The van der Waals surface area contributed by atoms with Gasteiger partial charge >= 0.3 is 0 Å². The molecule has 1 N–H and O–H groups in total. The number of likely N-dealkylation sites (tertiary alicyclic amines) is 1. The van der Waals surface area contributed by atoms with Gasteiger partial charge in [-0.15, -0.1) is 0 Å². The molecule has 17 heavy (non-hydrogen) atoms. The van der Waals surface area contributed by atoms with Crippen molar-refractivity contribution in [2.45, 2.75) is 51.2 Å². The molecule has 2 heterocycles. The van der Waals surface area contributed by atoms with Crippen LogP contribution < -0.4 is 5.32 Å². The van der Waals surface area contributed by atoms with Crippen LogP contribution in [0.4, 0.5) is 0 Å². The average Bonchev–Trinajstić information content (AvgIpc) is 3.06. The SMILES string of the molecule is CC1CSC(NC2CCN(C3CC3)C2)=NC1C. The summed E-state index contributed by atoms with van der Waals surface area (Å²) in [4.78, 5) is 7.41. The molecule has 4 heteroatoms. The van der Waals surface area contributed by atoms with Crippen LogP contribution in [-0.2, 0) is 0 Å². The zero-order chi connectivity index (χ0) is 11.8. The van der Waals surface area contributed by atoms with E-state index < -0.39 is 0 Å². The van der Waals surface area contributed by atoms with E-state index in [1.165, 1.54) is 43.3 Å². The molecule has 3 nitrogen and oxygen atoms in total. The second kappa shape index (κ2) is 4.81. The standard InChI is InChI=1S/C13H23N3S/c1-9-8-17-13(14-10(9)2)15-11-5-6-16(7-11)12-3-4-12/h9-12H,3-8H2,1-2H3,(H,14,15). The highest BCUT2D eigenvalue weighted by Crippen LogP contribution is 2.30. The first-order valence-corrected chi connectivity index (χ1v) is 7.92. The van der Waals surface area contributed by atoms with Crippen LogP contribution in [0.15, 0.2) is 4.99 Å². The van der Waals surface area contributed by atoms with Gasteiger partial charge in [-0.25, -0.2) is 0 Å². The predicted octanol–water partition coefficient (Wildman–Crippen LogP) is 1.94. The molecule has 3 aliphatic rings. The summed E-state index contributed by atoms with van der Waals surface area (Å²) in [6.45, 7) is 7.04. The summed E-state index contributed by atoms with van der Waals surface area (Å²) in [5, 5.41) is 4.85. The lowest BCUT2D eigenvalue weighted by atomic mass is 10.1. The minimum Gasteiger partial charge on any atom is -0.361 e. The molecule has 0 aromatic heterocycles. The van der Waals surface area contributed by atoms with E-state index in [-0.39, 0.29) is 0 Å².